The van der Waals surface area contributed by atoms with Crippen LogP contribution in [0.25, 0.3) is 16.7 Å². The van der Waals surface area contributed by atoms with Gasteiger partial charge in [0.1, 0.15) is 5.82 Å². The average Bonchev–Trinajstić information content (AvgIpc) is 3.11. The fourth-order valence-electron chi connectivity index (χ4n) is 3.90. The molecule has 0 atom stereocenters. The number of aromatic nitrogens is 2. The first-order valence-corrected chi connectivity index (χ1v) is 9.72. The molecule has 2 heterocycles. The number of rotatable bonds is 5. The maximum atomic E-state index is 12.7. The number of carbonyl (C=O) groups excluding carboxylic acids is 1. The predicted octanol–water partition coefficient (Wildman–Crippen LogP) is 3.59. The van der Waals surface area contributed by atoms with Gasteiger partial charge >= 0.3 is 0 Å². The molecular weight excluding hydrogens is 372 g/mol. The van der Waals surface area contributed by atoms with Crippen LogP contribution in [0.5, 0.6) is 0 Å². The van der Waals surface area contributed by atoms with Crippen LogP contribution in [-0.4, -0.2) is 46.5 Å². The van der Waals surface area contributed by atoms with E-state index in [-0.39, 0.29) is 18.3 Å². The summed E-state index contributed by atoms with van der Waals surface area (Å²) < 4.78 is 2.17. The van der Waals surface area contributed by atoms with E-state index in [1.165, 1.54) is 0 Å². The highest BCUT2D eigenvalue weighted by atomic mass is 35.5. The van der Waals surface area contributed by atoms with E-state index >= 15 is 0 Å². The van der Waals surface area contributed by atoms with E-state index in [2.05, 4.69) is 28.1 Å². The first-order valence-electron chi connectivity index (χ1n) is 9.72. The quantitative estimate of drug-likeness (QED) is 0.714. The number of nitrogens with one attached hydrogen (secondary N) is 1. The molecule has 0 saturated carbocycles. The number of hydrogen-bond acceptors (Lipinski definition) is 3. The van der Waals surface area contributed by atoms with Crippen LogP contribution in [0.15, 0.2) is 54.6 Å². The number of imidazole rings is 1. The van der Waals surface area contributed by atoms with Crippen molar-refractivity contribution in [1.82, 2.24) is 19.8 Å². The molecular formula is C22H27ClN4O. The molecule has 0 radical (unpaired) electrons. The summed E-state index contributed by atoms with van der Waals surface area (Å²) in [5.41, 5.74) is 3.13. The third-order valence-electron chi connectivity index (χ3n) is 5.46. The van der Waals surface area contributed by atoms with E-state index in [0.29, 0.717) is 18.9 Å². The number of benzene rings is 2. The Balaban J connectivity index is 0.00000225. The minimum absolute atomic E-state index is 0. The van der Waals surface area contributed by atoms with Crippen LogP contribution in [0.1, 0.15) is 25.1 Å². The van der Waals surface area contributed by atoms with E-state index in [0.717, 1.165) is 48.5 Å². The second-order valence-electron chi connectivity index (χ2n) is 7.17. The maximum Gasteiger partial charge on any atom is 0.223 e. The molecule has 1 amide bonds. The van der Waals surface area contributed by atoms with Crippen LogP contribution in [-0.2, 0) is 11.2 Å². The maximum absolute atomic E-state index is 12.7. The zero-order valence-electron chi connectivity index (χ0n) is 16.2. The van der Waals surface area contributed by atoms with Gasteiger partial charge in [-0.05, 0) is 50.2 Å². The van der Waals surface area contributed by atoms with Crippen molar-refractivity contribution < 1.29 is 4.79 Å². The summed E-state index contributed by atoms with van der Waals surface area (Å²) in [5.74, 6) is 1.14. The third-order valence-corrected chi connectivity index (χ3v) is 5.46. The van der Waals surface area contributed by atoms with Gasteiger partial charge in [-0.15, -0.1) is 12.4 Å². The Hall–Kier alpha value is -2.37. The highest BCUT2D eigenvalue weighted by Gasteiger charge is 2.22. The highest BCUT2D eigenvalue weighted by molar-refractivity contribution is 5.85. The molecule has 1 saturated heterocycles. The molecule has 1 aliphatic heterocycles. The summed E-state index contributed by atoms with van der Waals surface area (Å²) in [6.45, 7) is 1.98. The lowest BCUT2D eigenvalue weighted by Gasteiger charge is -2.31. The van der Waals surface area contributed by atoms with Crippen molar-refractivity contribution in [1.29, 1.82) is 0 Å². The minimum Gasteiger partial charge on any atom is -0.343 e. The van der Waals surface area contributed by atoms with Gasteiger partial charge in [0.25, 0.3) is 0 Å². The van der Waals surface area contributed by atoms with Crippen molar-refractivity contribution in [3.05, 3.63) is 60.4 Å². The van der Waals surface area contributed by atoms with E-state index in [1.807, 2.05) is 48.3 Å². The predicted molar refractivity (Wildman–Crippen MR) is 115 cm³/mol. The fraction of sp³-hybridized carbons (Fsp3) is 0.364. The van der Waals surface area contributed by atoms with Crippen LogP contribution >= 0.6 is 12.4 Å². The number of hydrogen-bond donors (Lipinski definition) is 1. The van der Waals surface area contributed by atoms with Crippen molar-refractivity contribution in [2.75, 3.05) is 20.1 Å². The van der Waals surface area contributed by atoms with Gasteiger partial charge < -0.3 is 10.2 Å². The summed E-state index contributed by atoms with van der Waals surface area (Å²) in [6.07, 6.45) is 3.18. The number of fused-ring (bicyclic) bond motifs is 1. The number of aryl methyl sites for hydroxylation is 1. The van der Waals surface area contributed by atoms with E-state index in [9.17, 15) is 4.79 Å². The minimum atomic E-state index is 0. The second-order valence-corrected chi connectivity index (χ2v) is 7.17. The normalized spacial score (nSPS) is 14.6. The smallest absolute Gasteiger partial charge is 0.223 e. The number of para-hydroxylation sites is 3. The first-order chi connectivity index (χ1) is 13.2. The van der Waals surface area contributed by atoms with Gasteiger partial charge in [0.15, 0.2) is 0 Å². The van der Waals surface area contributed by atoms with Gasteiger partial charge in [-0.2, -0.15) is 0 Å². The van der Waals surface area contributed by atoms with Gasteiger partial charge in [0.05, 0.1) is 11.0 Å². The van der Waals surface area contributed by atoms with Crippen molar-refractivity contribution in [3.63, 3.8) is 0 Å². The highest BCUT2D eigenvalue weighted by Crippen LogP contribution is 2.22. The van der Waals surface area contributed by atoms with Crippen molar-refractivity contribution in [2.45, 2.75) is 31.7 Å². The van der Waals surface area contributed by atoms with E-state index < -0.39 is 0 Å². The van der Waals surface area contributed by atoms with Crippen LogP contribution in [0.3, 0.4) is 0 Å². The number of nitrogens with zero attached hydrogens (tertiary/aromatic N) is 3. The molecule has 0 bridgehead atoms. The van der Waals surface area contributed by atoms with Crippen LogP contribution in [0, 0.1) is 0 Å². The van der Waals surface area contributed by atoms with Crippen molar-refractivity contribution in [3.8, 4) is 5.69 Å². The summed E-state index contributed by atoms with van der Waals surface area (Å²) in [4.78, 5) is 19.5. The Morgan fingerprint density at radius 2 is 1.79 bits per heavy atom. The van der Waals surface area contributed by atoms with Crippen LogP contribution in [0.4, 0.5) is 0 Å². The average molecular weight is 399 g/mol. The molecule has 1 aromatic heterocycles. The van der Waals surface area contributed by atoms with Gasteiger partial charge in [0.2, 0.25) is 5.91 Å². The molecule has 0 spiro atoms. The molecule has 0 aliphatic carbocycles. The van der Waals surface area contributed by atoms with Crippen molar-refractivity contribution in [2.24, 2.45) is 0 Å². The number of halogens is 1. The Morgan fingerprint density at radius 1 is 1.11 bits per heavy atom. The number of piperidine rings is 1. The standard InChI is InChI=1S/C22H26N4O.ClH/c1-25(17-13-15-23-16-14-17)22(27)12-11-21-24-19-9-5-6-10-20(19)26(21)18-7-3-2-4-8-18;/h2-10,17,23H,11-16H2,1H3;1H. The summed E-state index contributed by atoms with van der Waals surface area (Å²) in [6, 6.07) is 18.7. The summed E-state index contributed by atoms with van der Waals surface area (Å²) in [5, 5.41) is 3.36. The van der Waals surface area contributed by atoms with Crippen molar-refractivity contribution >= 4 is 29.3 Å². The lowest BCUT2D eigenvalue weighted by molar-refractivity contribution is -0.132. The summed E-state index contributed by atoms with van der Waals surface area (Å²) >= 11 is 0. The molecule has 1 fully saturated rings. The van der Waals surface area contributed by atoms with Crippen LogP contribution < -0.4 is 5.32 Å². The monoisotopic (exact) mass is 398 g/mol. The number of amides is 1. The van der Waals surface area contributed by atoms with Gasteiger partial charge in [-0.3, -0.25) is 9.36 Å². The third kappa shape index (κ3) is 4.21. The molecule has 6 heteroatoms. The molecule has 4 rings (SSSR count). The van der Waals surface area contributed by atoms with Crippen LogP contribution in [0.2, 0.25) is 0 Å². The Bertz CT molecular complexity index is 919. The zero-order chi connectivity index (χ0) is 18.6. The molecule has 1 N–H and O–H groups in total. The Labute approximate surface area is 172 Å². The molecule has 2 aromatic carbocycles. The van der Waals surface area contributed by atoms with Gasteiger partial charge in [-0.1, -0.05) is 30.3 Å². The first kappa shape index (κ1) is 20.4. The fourth-order valence-corrected chi connectivity index (χ4v) is 3.90. The molecule has 28 heavy (non-hydrogen) atoms. The molecule has 1 aliphatic rings. The van der Waals surface area contributed by atoms with E-state index in [4.69, 9.17) is 4.98 Å². The van der Waals surface area contributed by atoms with Gasteiger partial charge in [0, 0.05) is 31.6 Å². The molecule has 148 valence electrons. The molecule has 5 nitrogen and oxygen atoms in total. The SMILES string of the molecule is CN(C(=O)CCc1nc2ccccc2n1-c1ccccc1)C1CCNCC1.Cl. The molecule has 0 unspecified atom stereocenters. The summed E-state index contributed by atoms with van der Waals surface area (Å²) in [7, 11) is 1.94. The van der Waals surface area contributed by atoms with E-state index in [1.54, 1.807) is 0 Å². The lowest BCUT2D eigenvalue weighted by atomic mass is 10.0. The number of carbonyl (C=O) groups is 1. The second kappa shape index (κ2) is 9.22. The largest absolute Gasteiger partial charge is 0.343 e. The topological polar surface area (TPSA) is 50.2 Å². The zero-order valence-corrected chi connectivity index (χ0v) is 17.0. The Morgan fingerprint density at radius 3 is 2.54 bits per heavy atom. The molecule has 3 aromatic rings. The Kier molecular flexibility index (Phi) is 6.70. The van der Waals surface area contributed by atoms with Gasteiger partial charge in [-0.25, -0.2) is 4.98 Å². The lowest BCUT2D eigenvalue weighted by Crippen LogP contribution is -2.44.